The second-order valence-electron chi connectivity index (χ2n) is 4.58. The van der Waals surface area contributed by atoms with Crippen LogP contribution >= 0.6 is 11.6 Å². The summed E-state index contributed by atoms with van der Waals surface area (Å²) >= 11 is 5.85. The fourth-order valence-corrected chi connectivity index (χ4v) is 2.26. The third-order valence-electron chi connectivity index (χ3n) is 3.29. The van der Waals surface area contributed by atoms with Crippen molar-refractivity contribution in [2.45, 2.75) is 18.6 Å². The molecule has 18 heavy (non-hydrogen) atoms. The average Bonchev–Trinajstić information content (AvgIpc) is 2.83. The van der Waals surface area contributed by atoms with Gasteiger partial charge < -0.3 is 19.9 Å². The van der Waals surface area contributed by atoms with Gasteiger partial charge in [-0.1, -0.05) is 17.7 Å². The molecule has 2 rings (SSSR count). The number of benzene rings is 1. The van der Waals surface area contributed by atoms with E-state index < -0.39 is 0 Å². The highest BCUT2D eigenvalue weighted by molar-refractivity contribution is 6.32. The lowest BCUT2D eigenvalue weighted by atomic mass is 10.0. The van der Waals surface area contributed by atoms with E-state index in [9.17, 15) is 5.11 Å². The molecule has 100 valence electrons. The van der Waals surface area contributed by atoms with Crippen LogP contribution in [-0.4, -0.2) is 37.6 Å². The van der Waals surface area contributed by atoms with E-state index >= 15 is 0 Å². The molecule has 1 heterocycles. The van der Waals surface area contributed by atoms with Crippen LogP contribution in [0.15, 0.2) is 18.2 Å². The van der Waals surface area contributed by atoms with Gasteiger partial charge in [0, 0.05) is 33.2 Å². The molecule has 0 aromatic heterocycles. The molecule has 4 nitrogen and oxygen atoms in total. The number of halogens is 1. The normalized spacial score (nSPS) is 23.4. The Bertz CT molecular complexity index is 405. The minimum Gasteiger partial charge on any atom is -0.506 e. The molecule has 0 bridgehead atoms. The molecule has 0 radical (unpaired) electrons. The van der Waals surface area contributed by atoms with Crippen LogP contribution in [0.4, 0.5) is 0 Å². The highest BCUT2D eigenvalue weighted by Crippen LogP contribution is 2.24. The largest absolute Gasteiger partial charge is 0.506 e. The standard InChI is InChI=1S/C13H18ClNO3/c1-17-13(4-5-18-9-13)8-15-7-10-2-3-12(16)11(14)6-10/h2-3,6,15-16H,4-5,7-9H2,1H3. The quantitative estimate of drug-likeness (QED) is 0.859. The number of hydrogen-bond donors (Lipinski definition) is 2. The van der Waals surface area contributed by atoms with E-state index in [1.807, 2.05) is 6.07 Å². The highest BCUT2D eigenvalue weighted by Gasteiger charge is 2.34. The molecule has 0 aliphatic carbocycles. The monoisotopic (exact) mass is 271 g/mol. The topological polar surface area (TPSA) is 50.7 Å². The number of phenols is 1. The number of aromatic hydroxyl groups is 1. The Hall–Kier alpha value is -0.810. The summed E-state index contributed by atoms with van der Waals surface area (Å²) in [6.45, 7) is 2.81. The van der Waals surface area contributed by atoms with Gasteiger partial charge in [0.05, 0.1) is 11.6 Å². The van der Waals surface area contributed by atoms with Crippen LogP contribution in [0.2, 0.25) is 5.02 Å². The van der Waals surface area contributed by atoms with Gasteiger partial charge in [0.15, 0.2) is 0 Å². The first kappa shape index (κ1) is 13.6. The van der Waals surface area contributed by atoms with Crippen LogP contribution in [0, 0.1) is 0 Å². The summed E-state index contributed by atoms with van der Waals surface area (Å²) in [6, 6.07) is 5.21. The minimum atomic E-state index is -0.208. The maximum Gasteiger partial charge on any atom is 0.134 e. The zero-order chi connectivity index (χ0) is 13.0. The third kappa shape index (κ3) is 3.14. The molecule has 1 saturated heterocycles. The van der Waals surface area contributed by atoms with Crippen molar-refractivity contribution in [3.63, 3.8) is 0 Å². The summed E-state index contributed by atoms with van der Waals surface area (Å²) in [5, 5.41) is 13.0. The number of hydrogen-bond acceptors (Lipinski definition) is 4. The van der Waals surface area contributed by atoms with Crippen LogP contribution in [0.25, 0.3) is 0 Å². The molecule has 2 N–H and O–H groups in total. The summed E-state index contributed by atoms with van der Waals surface area (Å²) in [5.41, 5.74) is 0.823. The molecule has 1 fully saturated rings. The van der Waals surface area contributed by atoms with E-state index in [4.69, 9.17) is 21.1 Å². The smallest absolute Gasteiger partial charge is 0.134 e. The lowest BCUT2D eigenvalue weighted by molar-refractivity contribution is -0.0159. The van der Waals surface area contributed by atoms with Gasteiger partial charge in [-0.3, -0.25) is 0 Å². The van der Waals surface area contributed by atoms with E-state index in [1.165, 1.54) is 0 Å². The van der Waals surface area contributed by atoms with Crippen LogP contribution in [0.3, 0.4) is 0 Å². The third-order valence-corrected chi connectivity index (χ3v) is 3.59. The number of phenolic OH excluding ortho intramolecular Hbond substituents is 1. The van der Waals surface area contributed by atoms with Gasteiger partial charge in [-0.05, 0) is 17.7 Å². The van der Waals surface area contributed by atoms with Gasteiger partial charge in [0.1, 0.15) is 11.4 Å². The Labute approximate surface area is 112 Å². The van der Waals surface area contributed by atoms with E-state index in [0.717, 1.165) is 25.1 Å². The van der Waals surface area contributed by atoms with Gasteiger partial charge in [0.2, 0.25) is 0 Å². The minimum absolute atomic E-state index is 0.109. The first-order valence-corrected chi connectivity index (χ1v) is 6.34. The maximum absolute atomic E-state index is 9.33. The Morgan fingerprint density at radius 3 is 3.00 bits per heavy atom. The van der Waals surface area contributed by atoms with Gasteiger partial charge in [-0.25, -0.2) is 0 Å². The van der Waals surface area contributed by atoms with Crippen molar-refractivity contribution in [3.8, 4) is 5.75 Å². The molecular formula is C13H18ClNO3. The number of rotatable bonds is 5. The first-order valence-electron chi connectivity index (χ1n) is 5.96. The first-order chi connectivity index (χ1) is 8.65. The van der Waals surface area contributed by atoms with Crippen molar-refractivity contribution in [1.82, 2.24) is 5.32 Å². The molecule has 1 aromatic carbocycles. The second kappa shape index (κ2) is 5.89. The van der Waals surface area contributed by atoms with Gasteiger partial charge in [-0.15, -0.1) is 0 Å². The van der Waals surface area contributed by atoms with Gasteiger partial charge in [0.25, 0.3) is 0 Å². The predicted molar refractivity (Wildman–Crippen MR) is 70.0 cm³/mol. The number of methoxy groups -OCH3 is 1. The lowest BCUT2D eigenvalue weighted by Crippen LogP contribution is -2.42. The molecule has 0 spiro atoms. The Morgan fingerprint density at radius 2 is 2.39 bits per heavy atom. The summed E-state index contributed by atoms with van der Waals surface area (Å²) in [5.74, 6) is 0.109. The van der Waals surface area contributed by atoms with Crippen molar-refractivity contribution in [1.29, 1.82) is 0 Å². The molecule has 1 atom stereocenters. The average molecular weight is 272 g/mol. The molecular weight excluding hydrogens is 254 g/mol. The van der Waals surface area contributed by atoms with E-state index in [1.54, 1.807) is 19.2 Å². The summed E-state index contributed by atoms with van der Waals surface area (Å²) in [6.07, 6.45) is 0.910. The van der Waals surface area contributed by atoms with Crippen molar-refractivity contribution in [2.75, 3.05) is 26.9 Å². The molecule has 5 heteroatoms. The van der Waals surface area contributed by atoms with E-state index in [0.29, 0.717) is 18.2 Å². The number of ether oxygens (including phenoxy) is 2. The van der Waals surface area contributed by atoms with E-state index in [-0.39, 0.29) is 11.4 Å². The van der Waals surface area contributed by atoms with Crippen LogP contribution in [0.1, 0.15) is 12.0 Å². The predicted octanol–water partition coefficient (Wildman–Crippen LogP) is 1.94. The molecule has 1 aromatic rings. The van der Waals surface area contributed by atoms with Gasteiger partial charge in [-0.2, -0.15) is 0 Å². The van der Waals surface area contributed by atoms with Gasteiger partial charge >= 0.3 is 0 Å². The SMILES string of the molecule is COC1(CNCc2ccc(O)c(Cl)c2)CCOC1. The Balaban J connectivity index is 1.86. The molecule has 0 saturated carbocycles. The molecule has 1 aliphatic rings. The Morgan fingerprint density at radius 1 is 1.56 bits per heavy atom. The van der Waals surface area contributed by atoms with Crippen molar-refractivity contribution >= 4 is 11.6 Å². The fraction of sp³-hybridized carbons (Fsp3) is 0.538. The van der Waals surface area contributed by atoms with E-state index in [2.05, 4.69) is 5.32 Å². The zero-order valence-corrected chi connectivity index (χ0v) is 11.2. The van der Waals surface area contributed by atoms with Crippen molar-refractivity contribution < 1.29 is 14.6 Å². The highest BCUT2D eigenvalue weighted by atomic mass is 35.5. The summed E-state index contributed by atoms with van der Waals surface area (Å²) < 4.78 is 10.9. The summed E-state index contributed by atoms with van der Waals surface area (Å²) in [7, 11) is 1.72. The maximum atomic E-state index is 9.33. The van der Waals surface area contributed by atoms with Crippen LogP contribution < -0.4 is 5.32 Å². The van der Waals surface area contributed by atoms with Crippen molar-refractivity contribution in [3.05, 3.63) is 28.8 Å². The molecule has 0 amide bonds. The Kier molecular flexibility index (Phi) is 4.45. The molecule has 1 unspecified atom stereocenters. The van der Waals surface area contributed by atoms with Crippen LogP contribution in [-0.2, 0) is 16.0 Å². The zero-order valence-electron chi connectivity index (χ0n) is 10.4. The molecule has 1 aliphatic heterocycles. The van der Waals surface area contributed by atoms with Crippen LogP contribution in [0.5, 0.6) is 5.75 Å². The lowest BCUT2D eigenvalue weighted by Gasteiger charge is -2.26. The van der Waals surface area contributed by atoms with Crippen molar-refractivity contribution in [2.24, 2.45) is 0 Å². The second-order valence-corrected chi connectivity index (χ2v) is 4.99. The fourth-order valence-electron chi connectivity index (χ4n) is 2.06. The summed E-state index contributed by atoms with van der Waals surface area (Å²) in [4.78, 5) is 0. The number of nitrogens with one attached hydrogen (secondary N) is 1.